The monoisotopic (exact) mass is 909 g/mol. The second-order valence-electron chi connectivity index (χ2n) is 15.0. The van der Waals surface area contributed by atoms with Gasteiger partial charge in [-0.3, -0.25) is 19.1 Å². The van der Waals surface area contributed by atoms with E-state index in [9.17, 15) is 23.7 Å². The van der Waals surface area contributed by atoms with E-state index in [-0.39, 0.29) is 41.2 Å². The van der Waals surface area contributed by atoms with Crippen LogP contribution in [0.25, 0.3) is 0 Å². The highest BCUT2D eigenvalue weighted by Crippen LogP contribution is 2.45. The minimum absolute atomic E-state index is 0.0128. The molecule has 1 aromatic heterocycles. The van der Waals surface area contributed by atoms with E-state index in [1.54, 1.807) is 31.3 Å². The van der Waals surface area contributed by atoms with Crippen molar-refractivity contribution in [3.63, 3.8) is 0 Å². The van der Waals surface area contributed by atoms with E-state index in [0.717, 1.165) is 41.5 Å². The molecule has 3 heterocycles. The molecular weight excluding hydrogens is 862 g/mol. The summed E-state index contributed by atoms with van der Waals surface area (Å²) in [5, 5.41) is 16.9. The molecule has 6 atom stereocenters. The third-order valence-corrected chi connectivity index (χ3v) is 13.4. The molecule has 3 aliphatic rings. The minimum Gasteiger partial charge on any atom is -0.491 e. The Morgan fingerprint density at radius 3 is 2.75 bits per heavy atom. The van der Waals surface area contributed by atoms with Gasteiger partial charge >= 0.3 is 5.97 Å². The normalized spacial score (nSPS) is 25.6. The molecule has 0 radical (unpaired) electrons. The number of hydrogen-bond acceptors (Lipinski definition) is 10. The number of nitrogens with zero attached hydrogens (tertiary/aromatic N) is 5. The van der Waals surface area contributed by atoms with E-state index in [0.29, 0.717) is 54.3 Å². The topological polar surface area (TPSA) is 162 Å². The van der Waals surface area contributed by atoms with Crippen LogP contribution in [0.15, 0.2) is 88.9 Å². The molecule has 3 aromatic rings. The lowest BCUT2D eigenvalue weighted by atomic mass is 9.66. The Bertz CT molecular complexity index is 2280. The predicted octanol–water partition coefficient (Wildman–Crippen LogP) is 7.29. The van der Waals surface area contributed by atoms with Gasteiger partial charge in [0.05, 0.1) is 35.2 Å². The van der Waals surface area contributed by atoms with Crippen molar-refractivity contribution in [2.24, 2.45) is 34.2 Å². The third kappa shape index (κ3) is 10.8. The molecule has 2 amide bonds. The van der Waals surface area contributed by atoms with Gasteiger partial charge in [-0.15, -0.1) is 11.7 Å². The van der Waals surface area contributed by atoms with E-state index >= 15 is 0 Å². The first kappa shape index (κ1) is 44.0. The minimum atomic E-state index is -3.82. The number of halogens is 2. The fraction of sp³-hybridized carbons (Fsp3) is 0.419. The average Bonchev–Trinajstić information content (AvgIpc) is 3.59. The molecule has 1 fully saturated rings. The quantitative estimate of drug-likeness (QED) is 0.0799. The fourth-order valence-corrected chi connectivity index (χ4v) is 9.76. The molecule has 16 heteroatoms. The molecule has 1 aliphatic carbocycles. The molecule has 0 spiro atoms. The number of aliphatic imine (C=N–C) groups is 1. The number of aryl methyl sites for hydroxylation is 2. The second-order valence-corrected chi connectivity index (χ2v) is 18.3. The molecule has 1 saturated carbocycles. The number of amides is 2. The maximum absolute atomic E-state index is 14.8. The number of methoxy groups -OCH3 is 1. The zero-order valence-electron chi connectivity index (χ0n) is 33.1. The number of hydrogen-bond donors (Lipinski definition) is 1. The summed E-state index contributed by atoms with van der Waals surface area (Å²) in [6, 6.07) is 10.8. The summed E-state index contributed by atoms with van der Waals surface area (Å²) in [5.41, 5.74) is 4.72. The molecule has 314 valence electrons. The molecule has 6 rings (SSSR count). The first-order chi connectivity index (χ1) is 28.3. The molecule has 2 bridgehead atoms. The van der Waals surface area contributed by atoms with Gasteiger partial charge in [0, 0.05) is 72.2 Å². The van der Waals surface area contributed by atoms with Gasteiger partial charge in [0.15, 0.2) is 0 Å². The summed E-state index contributed by atoms with van der Waals surface area (Å²) in [6.45, 7) is 9.52. The van der Waals surface area contributed by atoms with Crippen molar-refractivity contribution in [3.05, 3.63) is 107 Å². The van der Waals surface area contributed by atoms with Crippen molar-refractivity contribution in [1.29, 1.82) is 0 Å². The molecule has 2 aromatic carbocycles. The number of anilines is 1. The van der Waals surface area contributed by atoms with E-state index in [1.807, 2.05) is 18.2 Å². The van der Waals surface area contributed by atoms with E-state index in [2.05, 4.69) is 48.4 Å². The van der Waals surface area contributed by atoms with Gasteiger partial charge in [-0.2, -0.15) is 4.36 Å². The Kier molecular flexibility index (Phi) is 14.7. The van der Waals surface area contributed by atoms with Crippen molar-refractivity contribution in [2.45, 2.75) is 57.3 Å². The molecule has 1 N–H and O–H groups in total. The van der Waals surface area contributed by atoms with Crippen molar-refractivity contribution in [3.8, 4) is 11.6 Å². The number of carbonyl (C=O) groups is 3. The number of carbonyl (C=O) groups excluding carboxylic acids is 3. The number of aliphatic hydroxyl groups excluding tert-OH is 1. The lowest BCUT2D eigenvalue weighted by Gasteiger charge is -2.45. The van der Waals surface area contributed by atoms with Crippen LogP contribution in [0.5, 0.6) is 11.6 Å². The third-order valence-electron chi connectivity index (χ3n) is 10.8. The fourth-order valence-electron chi connectivity index (χ4n) is 7.54. The first-order valence-corrected chi connectivity index (χ1v) is 22.7. The van der Waals surface area contributed by atoms with Gasteiger partial charge in [0.1, 0.15) is 23.0 Å². The zero-order chi connectivity index (χ0) is 42.3. The van der Waals surface area contributed by atoms with Gasteiger partial charge in [0.2, 0.25) is 5.88 Å². The van der Waals surface area contributed by atoms with E-state index in [1.165, 1.54) is 30.1 Å². The average molecular weight is 911 g/mol. The first-order valence-electron chi connectivity index (χ1n) is 19.5. The molecular formula is C43H49BrClN5O8S. The highest BCUT2D eigenvalue weighted by atomic mass is 79.9. The van der Waals surface area contributed by atoms with Crippen LogP contribution in [-0.2, 0) is 39.3 Å². The summed E-state index contributed by atoms with van der Waals surface area (Å²) in [5.74, 6) is -3.17. The van der Waals surface area contributed by atoms with Crippen LogP contribution in [0.3, 0.4) is 0 Å². The molecule has 2 unspecified atom stereocenters. The summed E-state index contributed by atoms with van der Waals surface area (Å²) < 4.78 is 38.1. The standard InChI is InChI=1S/C43H49BrClN5O8S/c1-5-28-25-59(55,26-46-42(54)35-23-49(3)47-43(35)56-4)48-41(53)30-12-15-39-36(21-30)50(22-31-11-13-32(45)20-29(31)9-6-7-18-57-39)24-34-27(2)19-33(34)38(16-14-37(28)51)58-40(52)10-8-17-44/h5,11-16,20-21,23,26,28,33-34,37-38,51H,1-2,6-10,17-19,22,24-25H2,3-4H3/b16-14+,46-26?/t28-,33-,34-,37?,38+,59?/m1/s1. The number of rotatable bonds is 8. The Morgan fingerprint density at radius 2 is 2.00 bits per heavy atom. The lowest BCUT2D eigenvalue weighted by molar-refractivity contribution is -0.150. The van der Waals surface area contributed by atoms with Gasteiger partial charge in [0.25, 0.3) is 11.8 Å². The largest absolute Gasteiger partial charge is 0.491 e. The maximum Gasteiger partial charge on any atom is 0.306 e. The Hall–Kier alpha value is -4.57. The summed E-state index contributed by atoms with van der Waals surface area (Å²) >= 11 is 9.88. The summed E-state index contributed by atoms with van der Waals surface area (Å²) in [7, 11) is -0.862. The SMILES string of the molecule is C=C[C@@H]1CS(=O)(C=NC(=O)c2cn(C)nc2OC)=NC(=O)c2ccc3c(c2)N(Cc2ccc(Cl)cc2CCCCO3)C[C@@H]2C(=C)C[C@H]2[C@@H](OC(=O)CCCBr)/C=C/C1O. The van der Waals surface area contributed by atoms with Crippen molar-refractivity contribution in [2.75, 3.05) is 36.2 Å². The van der Waals surface area contributed by atoms with Gasteiger partial charge in [-0.05, 0) is 79.6 Å². The van der Waals surface area contributed by atoms with Crippen LogP contribution < -0.4 is 14.4 Å². The Balaban J connectivity index is 1.51. The van der Waals surface area contributed by atoms with Crippen molar-refractivity contribution < 1.29 is 37.9 Å². The lowest BCUT2D eigenvalue weighted by Crippen LogP contribution is -2.45. The number of benzene rings is 2. The Labute approximate surface area is 358 Å². The van der Waals surface area contributed by atoms with Gasteiger partial charge in [-0.25, -0.2) is 9.20 Å². The molecule has 2 aliphatic heterocycles. The maximum atomic E-state index is 14.8. The van der Waals surface area contributed by atoms with Crippen LogP contribution in [0, 0.1) is 17.8 Å². The summed E-state index contributed by atoms with van der Waals surface area (Å²) in [4.78, 5) is 46.8. The second kappa shape index (κ2) is 19.7. The van der Waals surface area contributed by atoms with Gasteiger partial charge in [-0.1, -0.05) is 57.9 Å². The Morgan fingerprint density at radius 1 is 1.19 bits per heavy atom. The van der Waals surface area contributed by atoms with Crippen LogP contribution >= 0.6 is 27.5 Å². The number of fused-ring (bicyclic) bond motifs is 3. The number of esters is 1. The smallest absolute Gasteiger partial charge is 0.306 e. The number of aliphatic hydroxyl groups is 1. The van der Waals surface area contributed by atoms with E-state index < -0.39 is 45.4 Å². The van der Waals surface area contributed by atoms with Gasteiger partial charge < -0.3 is 24.2 Å². The molecule has 0 saturated heterocycles. The highest BCUT2D eigenvalue weighted by Gasteiger charge is 2.42. The molecule has 13 nitrogen and oxygen atoms in total. The van der Waals surface area contributed by atoms with Crippen molar-refractivity contribution in [1.82, 2.24) is 9.78 Å². The number of ether oxygens (including phenoxy) is 3. The molecule has 59 heavy (non-hydrogen) atoms. The van der Waals surface area contributed by atoms with Crippen LogP contribution in [0.1, 0.15) is 63.9 Å². The van der Waals surface area contributed by atoms with Crippen LogP contribution in [0.4, 0.5) is 5.69 Å². The predicted molar refractivity (Wildman–Crippen MR) is 232 cm³/mol. The number of aromatic nitrogens is 2. The van der Waals surface area contributed by atoms with Crippen LogP contribution in [-0.4, -0.2) is 86.0 Å². The summed E-state index contributed by atoms with van der Waals surface area (Å²) in [6.07, 6.45) is 7.74. The van der Waals surface area contributed by atoms with Crippen molar-refractivity contribution >= 4 is 66.3 Å². The number of alkyl halides is 1. The van der Waals surface area contributed by atoms with Crippen LogP contribution in [0.2, 0.25) is 5.02 Å². The van der Waals surface area contributed by atoms with E-state index in [4.69, 9.17) is 25.8 Å². The zero-order valence-corrected chi connectivity index (χ0v) is 36.3. The highest BCUT2D eigenvalue weighted by molar-refractivity contribution is 9.09.